The zero-order valence-electron chi connectivity index (χ0n) is 18.0. The number of carbonyl (C=O) groups is 2. The van der Waals surface area contributed by atoms with Crippen LogP contribution in [0.2, 0.25) is 5.02 Å². The molecule has 3 rings (SSSR count). The topological polar surface area (TPSA) is 73.8 Å². The zero-order valence-corrected chi connectivity index (χ0v) is 18.8. The maximum absolute atomic E-state index is 13.7. The number of rotatable bonds is 7. The second-order valence-electron chi connectivity index (χ2n) is 7.83. The zero-order chi connectivity index (χ0) is 24.2. The van der Waals surface area contributed by atoms with Crippen molar-refractivity contribution in [1.82, 2.24) is 10.2 Å². The van der Waals surface area contributed by atoms with Gasteiger partial charge >= 0.3 is 6.18 Å². The fraction of sp³-hybridized carbons (Fsp3) is 0.348. The third kappa shape index (κ3) is 6.04. The number of amides is 2. The Kier molecular flexibility index (Phi) is 7.63. The summed E-state index contributed by atoms with van der Waals surface area (Å²) in [5, 5.41) is 6.26. The molecular weight excluding hydrogens is 457 g/mol. The highest BCUT2D eigenvalue weighted by atomic mass is 35.5. The number of aliphatic imine (C=N–C) groups is 1. The van der Waals surface area contributed by atoms with Crippen molar-refractivity contribution in [2.24, 2.45) is 4.99 Å². The molecule has 6 nitrogen and oxygen atoms in total. The SMILES string of the molecule is C=Nc1cc(Cl)ccc1NCC(C)NC(=O)c1ccc(C(=O)N2CCCC2)c(C(F)(F)F)c1. The smallest absolute Gasteiger partial charge is 0.381 e. The summed E-state index contributed by atoms with van der Waals surface area (Å²) < 4.78 is 41.0. The van der Waals surface area contributed by atoms with Crippen LogP contribution >= 0.6 is 11.6 Å². The molecule has 0 aromatic heterocycles. The van der Waals surface area contributed by atoms with E-state index in [-0.39, 0.29) is 12.1 Å². The van der Waals surface area contributed by atoms with Crippen molar-refractivity contribution in [2.75, 3.05) is 25.0 Å². The van der Waals surface area contributed by atoms with Crippen LogP contribution in [0.4, 0.5) is 24.5 Å². The lowest BCUT2D eigenvalue weighted by Crippen LogP contribution is -2.37. The molecule has 2 aromatic rings. The second kappa shape index (κ2) is 10.2. The summed E-state index contributed by atoms with van der Waals surface area (Å²) in [5.41, 5.74) is -0.538. The molecule has 2 aromatic carbocycles. The summed E-state index contributed by atoms with van der Waals surface area (Å²) in [6, 6.07) is 7.65. The number of anilines is 1. The molecule has 1 saturated heterocycles. The van der Waals surface area contributed by atoms with Crippen molar-refractivity contribution < 1.29 is 22.8 Å². The number of hydrogen-bond acceptors (Lipinski definition) is 4. The molecule has 0 saturated carbocycles. The highest BCUT2D eigenvalue weighted by Gasteiger charge is 2.37. The van der Waals surface area contributed by atoms with Crippen LogP contribution < -0.4 is 10.6 Å². The molecule has 2 N–H and O–H groups in total. The number of benzene rings is 2. The van der Waals surface area contributed by atoms with Gasteiger partial charge in [0.25, 0.3) is 11.8 Å². The van der Waals surface area contributed by atoms with Crippen molar-refractivity contribution in [3.8, 4) is 0 Å². The molecule has 1 unspecified atom stereocenters. The van der Waals surface area contributed by atoms with Crippen molar-refractivity contribution >= 4 is 41.5 Å². The van der Waals surface area contributed by atoms with Gasteiger partial charge in [-0.2, -0.15) is 13.2 Å². The van der Waals surface area contributed by atoms with E-state index in [1.165, 1.54) is 11.0 Å². The van der Waals surface area contributed by atoms with E-state index in [1.807, 2.05) is 0 Å². The monoisotopic (exact) mass is 480 g/mol. The van der Waals surface area contributed by atoms with Crippen LogP contribution in [-0.4, -0.2) is 49.1 Å². The first-order chi connectivity index (χ1) is 15.6. The predicted octanol–water partition coefficient (Wildman–Crippen LogP) is 5.16. The molecule has 0 bridgehead atoms. The van der Waals surface area contributed by atoms with E-state index >= 15 is 0 Å². The largest absolute Gasteiger partial charge is 0.417 e. The lowest BCUT2D eigenvalue weighted by molar-refractivity contribution is -0.138. The highest BCUT2D eigenvalue weighted by molar-refractivity contribution is 6.31. The molecule has 1 heterocycles. The van der Waals surface area contributed by atoms with Gasteiger partial charge in [-0.1, -0.05) is 11.6 Å². The van der Waals surface area contributed by atoms with E-state index in [9.17, 15) is 22.8 Å². The Morgan fingerprint density at radius 3 is 2.52 bits per heavy atom. The van der Waals surface area contributed by atoms with Crippen LogP contribution in [0, 0.1) is 0 Å². The highest BCUT2D eigenvalue weighted by Crippen LogP contribution is 2.34. The first-order valence-corrected chi connectivity index (χ1v) is 10.8. The van der Waals surface area contributed by atoms with E-state index in [4.69, 9.17) is 11.6 Å². The van der Waals surface area contributed by atoms with E-state index in [0.29, 0.717) is 29.5 Å². The van der Waals surface area contributed by atoms with Gasteiger partial charge in [-0.25, -0.2) is 0 Å². The summed E-state index contributed by atoms with van der Waals surface area (Å²) in [7, 11) is 0. The molecule has 0 spiro atoms. The van der Waals surface area contributed by atoms with Crippen molar-refractivity contribution in [1.29, 1.82) is 0 Å². The van der Waals surface area contributed by atoms with E-state index < -0.39 is 35.2 Å². The lowest BCUT2D eigenvalue weighted by Gasteiger charge is -2.20. The van der Waals surface area contributed by atoms with Gasteiger partial charge in [-0.15, -0.1) is 0 Å². The van der Waals surface area contributed by atoms with Gasteiger partial charge in [0.05, 0.1) is 22.5 Å². The maximum atomic E-state index is 13.7. The molecule has 33 heavy (non-hydrogen) atoms. The van der Waals surface area contributed by atoms with Gasteiger partial charge in [-0.3, -0.25) is 14.6 Å². The second-order valence-corrected chi connectivity index (χ2v) is 8.27. The van der Waals surface area contributed by atoms with Crippen LogP contribution in [-0.2, 0) is 6.18 Å². The standard InChI is InChI=1S/C23H24ClF3N4O2/c1-14(13-29-19-8-6-16(24)12-20(19)28-2)30-21(32)15-5-7-17(18(11-15)23(25,26)27)22(33)31-9-3-4-10-31/h5-8,11-12,14,29H,2-4,9-10,13H2,1H3,(H,30,32). The minimum Gasteiger partial charge on any atom is -0.381 e. The van der Waals surface area contributed by atoms with Gasteiger partial charge in [0.2, 0.25) is 0 Å². The van der Waals surface area contributed by atoms with Crippen molar-refractivity contribution in [3.63, 3.8) is 0 Å². The van der Waals surface area contributed by atoms with Gasteiger partial charge in [-0.05, 0) is 62.9 Å². The fourth-order valence-corrected chi connectivity index (χ4v) is 3.77. The first kappa shape index (κ1) is 24.6. The normalized spacial score (nSPS) is 14.6. The third-order valence-electron chi connectivity index (χ3n) is 5.32. The molecule has 1 aliphatic heterocycles. The lowest BCUT2D eigenvalue weighted by atomic mass is 10.0. The maximum Gasteiger partial charge on any atom is 0.417 e. The molecule has 176 valence electrons. The van der Waals surface area contributed by atoms with E-state index in [2.05, 4.69) is 22.3 Å². The minimum atomic E-state index is -4.77. The van der Waals surface area contributed by atoms with Crippen LogP contribution in [0.5, 0.6) is 0 Å². The Morgan fingerprint density at radius 2 is 1.88 bits per heavy atom. The first-order valence-electron chi connectivity index (χ1n) is 10.4. The van der Waals surface area contributed by atoms with Gasteiger partial charge in [0.15, 0.2) is 0 Å². The van der Waals surface area contributed by atoms with Gasteiger partial charge in [0, 0.05) is 36.3 Å². The summed E-state index contributed by atoms with van der Waals surface area (Å²) in [4.78, 5) is 30.5. The summed E-state index contributed by atoms with van der Waals surface area (Å²) in [6.45, 7) is 6.33. The number of carbonyl (C=O) groups excluding carboxylic acids is 2. The quantitative estimate of drug-likeness (QED) is 0.538. The Morgan fingerprint density at radius 1 is 1.18 bits per heavy atom. The van der Waals surface area contributed by atoms with E-state index in [1.54, 1.807) is 25.1 Å². The van der Waals surface area contributed by atoms with Crippen molar-refractivity contribution in [2.45, 2.75) is 32.0 Å². The minimum absolute atomic E-state index is 0.174. The molecule has 0 radical (unpaired) electrons. The number of nitrogens with one attached hydrogen (secondary N) is 2. The molecule has 10 heteroatoms. The number of alkyl halides is 3. The third-order valence-corrected chi connectivity index (χ3v) is 5.55. The summed E-state index contributed by atoms with van der Waals surface area (Å²) >= 11 is 5.93. The molecule has 0 aliphatic carbocycles. The van der Waals surface area contributed by atoms with Crippen molar-refractivity contribution in [3.05, 3.63) is 58.1 Å². The predicted molar refractivity (Wildman–Crippen MR) is 123 cm³/mol. The molecule has 1 fully saturated rings. The van der Waals surface area contributed by atoms with Crippen LogP contribution in [0.15, 0.2) is 41.4 Å². The van der Waals surface area contributed by atoms with Crippen LogP contribution in [0.1, 0.15) is 46.0 Å². The van der Waals surface area contributed by atoms with Crippen LogP contribution in [0.25, 0.3) is 0 Å². The Balaban J connectivity index is 1.71. The number of hydrogen-bond donors (Lipinski definition) is 2. The Hall–Kier alpha value is -3.07. The Labute approximate surface area is 194 Å². The average molecular weight is 481 g/mol. The number of halogens is 4. The molecule has 1 aliphatic rings. The molecule has 2 amide bonds. The van der Waals surface area contributed by atoms with Crippen LogP contribution in [0.3, 0.4) is 0 Å². The molecular formula is C23H24ClF3N4O2. The summed E-state index contributed by atoms with van der Waals surface area (Å²) in [5.74, 6) is -1.34. The number of nitrogens with zero attached hydrogens (tertiary/aromatic N) is 2. The summed E-state index contributed by atoms with van der Waals surface area (Å²) in [6.07, 6.45) is -3.24. The number of likely N-dealkylation sites (tertiary alicyclic amines) is 1. The van der Waals surface area contributed by atoms with Gasteiger partial charge < -0.3 is 15.5 Å². The Bertz CT molecular complexity index is 1050. The molecule has 1 atom stereocenters. The van der Waals surface area contributed by atoms with E-state index in [0.717, 1.165) is 25.0 Å². The fourth-order valence-electron chi connectivity index (χ4n) is 3.60. The average Bonchev–Trinajstić information content (AvgIpc) is 3.31. The van der Waals surface area contributed by atoms with Gasteiger partial charge in [0.1, 0.15) is 0 Å².